The molecule has 26 heavy (non-hydrogen) atoms. The first kappa shape index (κ1) is 17.8. The third kappa shape index (κ3) is 4.97. The Hall–Kier alpha value is -3.06. The standard InChI is InChI=1S/C19H22N6O/c1-14(13-26)23-19-24-17(16-4-2-3-8-21-16)12-18(25-19)22-11-7-15-5-9-20-10-6-15/h2-6,8-10,12,14,26H,7,11,13H2,1H3,(H2,22,23,24,25)/t14-/m1/s1. The second-order valence-electron chi connectivity index (χ2n) is 5.94. The fourth-order valence-electron chi connectivity index (χ4n) is 2.40. The molecule has 0 saturated carbocycles. The van der Waals surface area contributed by atoms with Crippen molar-refractivity contribution in [1.29, 1.82) is 0 Å². The van der Waals surface area contributed by atoms with Gasteiger partial charge in [0.1, 0.15) is 5.82 Å². The van der Waals surface area contributed by atoms with Gasteiger partial charge in [0, 0.05) is 37.2 Å². The van der Waals surface area contributed by atoms with Crippen LogP contribution in [0.2, 0.25) is 0 Å². The van der Waals surface area contributed by atoms with Crippen LogP contribution in [0.5, 0.6) is 0 Å². The van der Waals surface area contributed by atoms with Crippen molar-refractivity contribution in [3.05, 3.63) is 60.6 Å². The van der Waals surface area contributed by atoms with Crippen LogP contribution in [0.4, 0.5) is 11.8 Å². The highest BCUT2D eigenvalue weighted by atomic mass is 16.3. The van der Waals surface area contributed by atoms with Gasteiger partial charge in [-0.25, -0.2) is 4.98 Å². The van der Waals surface area contributed by atoms with Gasteiger partial charge in [-0.1, -0.05) is 6.07 Å². The minimum atomic E-state index is -0.140. The van der Waals surface area contributed by atoms with Crippen molar-refractivity contribution in [3.63, 3.8) is 0 Å². The minimum absolute atomic E-state index is 0.00196. The number of nitrogens with zero attached hydrogens (tertiary/aromatic N) is 4. The first-order valence-electron chi connectivity index (χ1n) is 8.55. The molecular weight excluding hydrogens is 328 g/mol. The Kier molecular flexibility index (Phi) is 6.05. The molecule has 0 spiro atoms. The summed E-state index contributed by atoms with van der Waals surface area (Å²) in [5, 5.41) is 15.7. The van der Waals surface area contributed by atoms with E-state index in [4.69, 9.17) is 0 Å². The molecule has 0 bridgehead atoms. The largest absolute Gasteiger partial charge is 0.394 e. The van der Waals surface area contributed by atoms with E-state index in [-0.39, 0.29) is 12.6 Å². The fourth-order valence-corrected chi connectivity index (χ4v) is 2.40. The molecule has 3 N–H and O–H groups in total. The maximum Gasteiger partial charge on any atom is 0.225 e. The van der Waals surface area contributed by atoms with E-state index in [2.05, 4.69) is 30.6 Å². The molecule has 7 heteroatoms. The predicted molar refractivity (Wildman–Crippen MR) is 102 cm³/mol. The molecule has 134 valence electrons. The highest BCUT2D eigenvalue weighted by Gasteiger charge is 2.09. The number of aromatic nitrogens is 4. The van der Waals surface area contributed by atoms with Crippen LogP contribution in [-0.4, -0.2) is 44.2 Å². The normalized spacial score (nSPS) is 11.8. The van der Waals surface area contributed by atoms with Gasteiger partial charge in [0.25, 0.3) is 0 Å². The summed E-state index contributed by atoms with van der Waals surface area (Å²) in [5.74, 6) is 1.17. The average Bonchev–Trinajstić information content (AvgIpc) is 2.69. The summed E-state index contributed by atoms with van der Waals surface area (Å²) in [6.45, 7) is 2.60. The summed E-state index contributed by atoms with van der Waals surface area (Å²) in [7, 11) is 0. The maximum absolute atomic E-state index is 9.27. The van der Waals surface area contributed by atoms with E-state index in [9.17, 15) is 5.11 Å². The second-order valence-corrected chi connectivity index (χ2v) is 5.94. The Morgan fingerprint density at radius 1 is 1.04 bits per heavy atom. The Labute approximate surface area is 152 Å². The van der Waals surface area contributed by atoms with E-state index in [1.165, 1.54) is 5.56 Å². The van der Waals surface area contributed by atoms with E-state index < -0.39 is 0 Å². The molecule has 0 saturated heterocycles. The van der Waals surface area contributed by atoms with Crippen LogP contribution in [0.1, 0.15) is 12.5 Å². The lowest BCUT2D eigenvalue weighted by Gasteiger charge is -2.14. The third-order valence-electron chi connectivity index (χ3n) is 3.77. The number of nitrogens with one attached hydrogen (secondary N) is 2. The topological polar surface area (TPSA) is 95.8 Å². The fraction of sp³-hybridized carbons (Fsp3) is 0.263. The number of pyridine rings is 2. The number of aliphatic hydroxyl groups is 1. The third-order valence-corrected chi connectivity index (χ3v) is 3.77. The smallest absolute Gasteiger partial charge is 0.225 e. The molecule has 0 aliphatic rings. The van der Waals surface area contributed by atoms with Gasteiger partial charge in [-0.05, 0) is 43.2 Å². The number of anilines is 2. The maximum atomic E-state index is 9.27. The second kappa shape index (κ2) is 8.87. The first-order chi connectivity index (χ1) is 12.7. The number of aliphatic hydroxyl groups excluding tert-OH is 1. The number of rotatable bonds is 8. The Morgan fingerprint density at radius 3 is 2.62 bits per heavy atom. The zero-order valence-electron chi connectivity index (χ0n) is 14.6. The Balaban J connectivity index is 1.77. The minimum Gasteiger partial charge on any atom is -0.394 e. The molecule has 0 amide bonds. The predicted octanol–water partition coefficient (Wildman–Crippen LogP) is 2.38. The van der Waals surface area contributed by atoms with E-state index >= 15 is 0 Å². The monoisotopic (exact) mass is 350 g/mol. The van der Waals surface area contributed by atoms with Crippen LogP contribution < -0.4 is 10.6 Å². The zero-order chi connectivity index (χ0) is 18.2. The molecule has 3 aromatic heterocycles. The summed E-state index contributed by atoms with van der Waals surface area (Å²) in [6, 6.07) is 11.4. The molecule has 0 aliphatic carbocycles. The Bertz CT molecular complexity index is 813. The highest BCUT2D eigenvalue weighted by Crippen LogP contribution is 2.20. The van der Waals surface area contributed by atoms with Gasteiger partial charge < -0.3 is 15.7 Å². The molecule has 1 atom stereocenters. The van der Waals surface area contributed by atoms with Crippen LogP contribution >= 0.6 is 0 Å². The number of hydrogen-bond donors (Lipinski definition) is 3. The zero-order valence-corrected chi connectivity index (χ0v) is 14.6. The van der Waals surface area contributed by atoms with Gasteiger partial charge in [-0.15, -0.1) is 0 Å². The van der Waals surface area contributed by atoms with Gasteiger partial charge in [-0.2, -0.15) is 4.98 Å². The molecule has 0 aliphatic heterocycles. The van der Waals surface area contributed by atoms with Crippen LogP contribution in [-0.2, 0) is 6.42 Å². The Morgan fingerprint density at radius 2 is 1.88 bits per heavy atom. The molecule has 7 nitrogen and oxygen atoms in total. The van der Waals surface area contributed by atoms with Crippen molar-refractivity contribution in [3.8, 4) is 11.4 Å². The quantitative estimate of drug-likeness (QED) is 0.574. The molecule has 0 radical (unpaired) electrons. The van der Waals surface area contributed by atoms with Crippen LogP contribution in [0.25, 0.3) is 11.4 Å². The van der Waals surface area contributed by atoms with Gasteiger partial charge >= 0.3 is 0 Å². The van der Waals surface area contributed by atoms with Gasteiger partial charge in [-0.3, -0.25) is 9.97 Å². The molecular formula is C19H22N6O. The summed E-state index contributed by atoms with van der Waals surface area (Å²) < 4.78 is 0. The van der Waals surface area contributed by atoms with E-state index in [1.807, 2.05) is 43.3 Å². The number of hydrogen-bond acceptors (Lipinski definition) is 7. The molecule has 0 aromatic carbocycles. The van der Waals surface area contributed by atoms with Crippen LogP contribution in [0.15, 0.2) is 55.0 Å². The van der Waals surface area contributed by atoms with Crippen LogP contribution in [0.3, 0.4) is 0 Å². The lowest BCUT2D eigenvalue weighted by Crippen LogP contribution is -2.21. The summed E-state index contributed by atoms with van der Waals surface area (Å²) in [6.07, 6.45) is 6.17. The molecule has 0 unspecified atom stereocenters. The molecule has 3 heterocycles. The van der Waals surface area contributed by atoms with Crippen molar-refractivity contribution in [2.45, 2.75) is 19.4 Å². The molecule has 3 rings (SSSR count). The lowest BCUT2D eigenvalue weighted by atomic mass is 10.2. The first-order valence-corrected chi connectivity index (χ1v) is 8.55. The van der Waals surface area contributed by atoms with Crippen molar-refractivity contribution < 1.29 is 5.11 Å². The highest BCUT2D eigenvalue weighted by molar-refractivity contribution is 5.61. The SMILES string of the molecule is C[C@H](CO)Nc1nc(NCCc2ccncc2)cc(-c2ccccn2)n1. The van der Waals surface area contributed by atoms with Crippen molar-refractivity contribution in [1.82, 2.24) is 19.9 Å². The van der Waals surface area contributed by atoms with Crippen molar-refractivity contribution >= 4 is 11.8 Å². The van der Waals surface area contributed by atoms with E-state index in [0.29, 0.717) is 11.8 Å². The van der Waals surface area contributed by atoms with E-state index in [0.717, 1.165) is 24.4 Å². The van der Waals surface area contributed by atoms with E-state index in [1.54, 1.807) is 18.6 Å². The molecule has 0 fully saturated rings. The summed E-state index contributed by atoms with van der Waals surface area (Å²) >= 11 is 0. The summed E-state index contributed by atoms with van der Waals surface area (Å²) in [5.41, 5.74) is 2.70. The van der Waals surface area contributed by atoms with Gasteiger partial charge in [0.15, 0.2) is 0 Å². The lowest BCUT2D eigenvalue weighted by molar-refractivity contribution is 0.281. The average molecular weight is 350 g/mol. The van der Waals surface area contributed by atoms with Crippen LogP contribution in [0, 0.1) is 0 Å². The van der Waals surface area contributed by atoms with Gasteiger partial charge in [0.2, 0.25) is 5.95 Å². The van der Waals surface area contributed by atoms with Crippen molar-refractivity contribution in [2.24, 2.45) is 0 Å². The molecule has 3 aromatic rings. The van der Waals surface area contributed by atoms with Crippen molar-refractivity contribution in [2.75, 3.05) is 23.8 Å². The summed E-state index contributed by atoms with van der Waals surface area (Å²) in [4.78, 5) is 17.4. The van der Waals surface area contributed by atoms with Gasteiger partial charge in [0.05, 0.1) is 18.0 Å².